The van der Waals surface area contributed by atoms with Crippen LogP contribution in [0.1, 0.15) is 35.2 Å². The molecule has 1 aliphatic heterocycles. The van der Waals surface area contributed by atoms with Gasteiger partial charge in [-0.1, -0.05) is 24.3 Å². The van der Waals surface area contributed by atoms with Crippen LogP contribution in [-0.4, -0.2) is 48.5 Å². The minimum Gasteiger partial charge on any atom is -0.493 e. The van der Waals surface area contributed by atoms with Gasteiger partial charge in [0.25, 0.3) is 5.56 Å². The third kappa shape index (κ3) is 2.92. The summed E-state index contributed by atoms with van der Waals surface area (Å²) in [5, 5.41) is 0.825. The Morgan fingerprint density at radius 2 is 1.69 bits per heavy atom. The van der Waals surface area contributed by atoms with E-state index in [4.69, 9.17) is 9.47 Å². The number of fused-ring (bicyclic) bond motifs is 5. The minimum atomic E-state index is -0.298. The maximum absolute atomic E-state index is 13.8. The maximum atomic E-state index is 13.8. The lowest BCUT2D eigenvalue weighted by Crippen LogP contribution is -2.31. The number of ether oxygens (including phenoxy) is 2. The van der Waals surface area contributed by atoms with E-state index < -0.39 is 0 Å². The first-order valence-electron chi connectivity index (χ1n) is 10.8. The second-order valence-electron chi connectivity index (χ2n) is 8.12. The third-order valence-corrected chi connectivity index (χ3v) is 6.44. The number of ketones is 1. The summed E-state index contributed by atoms with van der Waals surface area (Å²) in [6.07, 6.45) is 2.21. The summed E-state index contributed by atoms with van der Waals surface area (Å²) < 4.78 is 12.5. The Morgan fingerprint density at radius 3 is 2.38 bits per heavy atom. The van der Waals surface area contributed by atoms with Gasteiger partial charge in [0, 0.05) is 42.6 Å². The van der Waals surface area contributed by atoms with Crippen LogP contribution in [0.15, 0.2) is 41.2 Å². The zero-order valence-corrected chi connectivity index (χ0v) is 18.1. The Bertz CT molecular complexity index is 1320. The lowest BCUT2D eigenvalue weighted by Gasteiger charge is -2.19. The molecule has 2 aromatic carbocycles. The van der Waals surface area contributed by atoms with Crippen LogP contribution < -0.4 is 15.0 Å². The smallest absolute Gasteiger partial charge is 0.262 e. The molecule has 1 aliphatic carbocycles. The first-order chi connectivity index (χ1) is 15.6. The van der Waals surface area contributed by atoms with Crippen LogP contribution in [0.5, 0.6) is 11.5 Å². The Balaban J connectivity index is 1.75. The number of likely N-dealkylation sites (tertiary alicyclic amines) is 1. The maximum Gasteiger partial charge on any atom is 0.262 e. The van der Waals surface area contributed by atoms with Crippen molar-refractivity contribution in [2.24, 2.45) is 0 Å². The number of carbonyl (C=O) groups is 2. The first-order valence-corrected chi connectivity index (χ1v) is 10.8. The Labute approximate surface area is 185 Å². The molecule has 2 heterocycles. The number of methoxy groups -OCH3 is 2. The van der Waals surface area contributed by atoms with Crippen LogP contribution in [0.4, 0.5) is 0 Å². The van der Waals surface area contributed by atoms with Crippen molar-refractivity contribution in [2.45, 2.75) is 25.8 Å². The molecule has 3 aromatic rings. The van der Waals surface area contributed by atoms with Crippen molar-refractivity contribution in [1.82, 2.24) is 9.47 Å². The zero-order valence-electron chi connectivity index (χ0n) is 18.1. The molecule has 7 heteroatoms. The second kappa shape index (κ2) is 7.82. The van der Waals surface area contributed by atoms with E-state index in [0.29, 0.717) is 39.1 Å². The van der Waals surface area contributed by atoms with Gasteiger partial charge in [-0.05, 0) is 25.0 Å². The van der Waals surface area contributed by atoms with Gasteiger partial charge in [0.2, 0.25) is 5.91 Å². The topological polar surface area (TPSA) is 77.8 Å². The summed E-state index contributed by atoms with van der Waals surface area (Å²) in [5.74, 6) is 0.604. The number of amides is 1. The van der Waals surface area contributed by atoms with Crippen LogP contribution >= 0.6 is 0 Å². The molecular weight excluding hydrogens is 408 g/mol. The van der Waals surface area contributed by atoms with Gasteiger partial charge in [0.05, 0.1) is 30.9 Å². The van der Waals surface area contributed by atoms with Gasteiger partial charge in [-0.25, -0.2) is 0 Å². The van der Waals surface area contributed by atoms with E-state index in [-0.39, 0.29) is 30.2 Å². The van der Waals surface area contributed by atoms with Crippen molar-refractivity contribution in [3.05, 3.63) is 57.9 Å². The summed E-state index contributed by atoms with van der Waals surface area (Å²) in [6, 6.07) is 10.7. The van der Waals surface area contributed by atoms with Crippen molar-refractivity contribution >= 4 is 22.5 Å². The highest BCUT2D eigenvalue weighted by Gasteiger charge is 2.34. The molecule has 1 aromatic heterocycles. The number of pyridine rings is 1. The molecule has 0 atom stereocenters. The normalized spacial score (nSPS) is 14.6. The van der Waals surface area contributed by atoms with Crippen LogP contribution in [0.25, 0.3) is 22.0 Å². The highest BCUT2D eigenvalue weighted by molar-refractivity contribution is 6.27. The number of nitrogens with zero attached hydrogens (tertiary/aromatic N) is 2. The second-order valence-corrected chi connectivity index (χ2v) is 8.12. The molecule has 7 nitrogen and oxygen atoms in total. The zero-order chi connectivity index (χ0) is 22.4. The molecule has 1 fully saturated rings. The number of rotatable bonds is 5. The number of carbonyl (C=O) groups excluding carboxylic acids is 2. The molecule has 0 radical (unpaired) electrons. The summed E-state index contributed by atoms with van der Waals surface area (Å²) in [7, 11) is 2.98. The van der Waals surface area contributed by atoms with Crippen molar-refractivity contribution in [2.75, 3.05) is 27.3 Å². The number of benzene rings is 2. The summed E-state index contributed by atoms with van der Waals surface area (Å²) in [5.41, 5.74) is 2.02. The van der Waals surface area contributed by atoms with Crippen molar-refractivity contribution in [3.63, 3.8) is 0 Å². The largest absolute Gasteiger partial charge is 0.493 e. The quantitative estimate of drug-likeness (QED) is 0.484. The fourth-order valence-electron chi connectivity index (χ4n) is 4.92. The molecular formula is C25H24N2O5. The van der Waals surface area contributed by atoms with Crippen LogP contribution in [0.3, 0.4) is 0 Å². The lowest BCUT2D eigenvalue weighted by atomic mass is 10.0. The molecule has 0 unspecified atom stereocenters. The van der Waals surface area contributed by atoms with E-state index in [9.17, 15) is 14.4 Å². The standard InChI is InChI=1S/C25H24N2O5/c1-31-18-10-9-17-20-22(15-7-3-4-8-16(15)23(20)29)27(25(30)21(17)24(18)32-2)14-11-19(28)26-12-5-6-13-26/h3-4,7-10H,5-6,11-14H2,1-2H3. The number of hydrogen-bond donors (Lipinski definition) is 0. The predicted molar refractivity (Wildman–Crippen MR) is 121 cm³/mol. The SMILES string of the molecule is COc1ccc2c3c(n(CCC(=O)N4CCCC4)c(=O)c2c1OC)-c1ccccc1C3=O. The molecule has 1 saturated heterocycles. The third-order valence-electron chi connectivity index (χ3n) is 6.44. The Hall–Kier alpha value is -3.61. The average Bonchev–Trinajstić information content (AvgIpc) is 3.45. The molecule has 0 bridgehead atoms. The van der Waals surface area contributed by atoms with Gasteiger partial charge in [-0.3, -0.25) is 14.4 Å². The van der Waals surface area contributed by atoms with E-state index >= 15 is 0 Å². The molecule has 0 spiro atoms. The summed E-state index contributed by atoms with van der Waals surface area (Å²) in [4.78, 5) is 41.8. The monoisotopic (exact) mass is 432 g/mol. The molecule has 0 N–H and O–H groups in total. The molecule has 32 heavy (non-hydrogen) atoms. The highest BCUT2D eigenvalue weighted by atomic mass is 16.5. The first kappa shape index (κ1) is 20.3. The van der Waals surface area contributed by atoms with E-state index in [1.807, 2.05) is 23.1 Å². The van der Waals surface area contributed by atoms with E-state index in [1.165, 1.54) is 14.2 Å². The highest BCUT2D eigenvalue weighted by Crippen LogP contribution is 2.43. The van der Waals surface area contributed by atoms with Gasteiger partial charge >= 0.3 is 0 Å². The van der Waals surface area contributed by atoms with Gasteiger partial charge < -0.3 is 18.9 Å². The van der Waals surface area contributed by atoms with Crippen molar-refractivity contribution in [3.8, 4) is 22.8 Å². The van der Waals surface area contributed by atoms with Crippen molar-refractivity contribution in [1.29, 1.82) is 0 Å². The van der Waals surface area contributed by atoms with Gasteiger partial charge in [0.1, 0.15) is 0 Å². The van der Waals surface area contributed by atoms with Crippen LogP contribution in [0.2, 0.25) is 0 Å². The molecule has 5 rings (SSSR count). The Kier molecular flexibility index (Phi) is 4.96. The molecule has 1 amide bonds. The molecule has 2 aliphatic rings. The molecule has 164 valence electrons. The van der Waals surface area contributed by atoms with Crippen molar-refractivity contribution < 1.29 is 19.1 Å². The number of hydrogen-bond acceptors (Lipinski definition) is 5. The van der Waals surface area contributed by atoms with Gasteiger partial charge in [-0.2, -0.15) is 0 Å². The lowest BCUT2D eigenvalue weighted by molar-refractivity contribution is -0.130. The molecule has 0 saturated carbocycles. The fourth-order valence-corrected chi connectivity index (χ4v) is 4.92. The number of aromatic nitrogens is 1. The van der Waals surface area contributed by atoms with E-state index in [2.05, 4.69) is 0 Å². The minimum absolute atomic E-state index is 0.0264. The summed E-state index contributed by atoms with van der Waals surface area (Å²) in [6.45, 7) is 1.71. The predicted octanol–water partition coefficient (Wildman–Crippen LogP) is 3.24. The average molecular weight is 432 g/mol. The van der Waals surface area contributed by atoms with Crippen LogP contribution in [0, 0.1) is 0 Å². The Morgan fingerprint density at radius 1 is 0.969 bits per heavy atom. The van der Waals surface area contributed by atoms with Gasteiger partial charge in [-0.15, -0.1) is 0 Å². The summed E-state index contributed by atoms with van der Waals surface area (Å²) >= 11 is 0. The van der Waals surface area contributed by atoms with Crippen LogP contribution in [-0.2, 0) is 11.3 Å². The van der Waals surface area contributed by atoms with E-state index in [0.717, 1.165) is 31.5 Å². The van der Waals surface area contributed by atoms with E-state index in [1.54, 1.807) is 22.8 Å². The fraction of sp³-hybridized carbons (Fsp3) is 0.320. The van der Waals surface area contributed by atoms with Gasteiger partial charge in [0.15, 0.2) is 17.3 Å².